The molecule has 0 radical (unpaired) electrons. The molecule has 0 aliphatic heterocycles. The van der Waals surface area contributed by atoms with E-state index in [1.54, 1.807) is 0 Å². The largest absolute Gasteiger partial charge is 0.465 e. The minimum absolute atomic E-state index is 0.402. The molecule has 1 N–H and O–H groups in total. The number of carbonyl (C=O) groups is 1. The van der Waals surface area contributed by atoms with Crippen LogP contribution in [-0.4, -0.2) is 21.6 Å². The predicted molar refractivity (Wildman–Crippen MR) is 72.2 cm³/mol. The minimum Gasteiger partial charge on any atom is -0.465 e. The summed E-state index contributed by atoms with van der Waals surface area (Å²) in [5, 5.41) is 9.24. The minimum atomic E-state index is -0.892. The lowest BCUT2D eigenvalue weighted by Gasteiger charge is -2.33. The van der Waals surface area contributed by atoms with Crippen LogP contribution < -0.4 is 0 Å². The predicted octanol–water partition coefficient (Wildman–Crippen LogP) is 4.04. The fourth-order valence-electron chi connectivity index (χ4n) is 1.59. The molecule has 0 spiro atoms. The van der Waals surface area contributed by atoms with Crippen LogP contribution >= 0.6 is 15.9 Å². The van der Waals surface area contributed by atoms with E-state index in [9.17, 15) is 9.90 Å². The summed E-state index contributed by atoms with van der Waals surface area (Å²) in [5.41, 5.74) is 1.71. The van der Waals surface area contributed by atoms with E-state index in [1.165, 1.54) is 4.90 Å². The first-order valence-corrected chi connectivity index (χ1v) is 6.27. The molecular formula is C13H18BrNO2. The Morgan fingerprint density at radius 3 is 2.47 bits per heavy atom. The SMILES string of the molecule is Cc1c(Br)cccc1CN(C(=O)O)C(C)(C)C. The fourth-order valence-corrected chi connectivity index (χ4v) is 1.99. The van der Waals surface area contributed by atoms with E-state index >= 15 is 0 Å². The maximum atomic E-state index is 11.3. The Hall–Kier alpha value is -1.03. The lowest BCUT2D eigenvalue weighted by atomic mass is 10.0. The van der Waals surface area contributed by atoms with Crippen molar-refractivity contribution in [2.24, 2.45) is 0 Å². The Kier molecular flexibility index (Phi) is 4.20. The van der Waals surface area contributed by atoms with E-state index in [0.29, 0.717) is 6.54 Å². The molecule has 0 aromatic heterocycles. The van der Waals surface area contributed by atoms with E-state index in [4.69, 9.17) is 0 Å². The zero-order valence-electron chi connectivity index (χ0n) is 10.6. The van der Waals surface area contributed by atoms with Crippen LogP contribution in [-0.2, 0) is 6.54 Å². The number of rotatable bonds is 2. The number of hydrogen-bond acceptors (Lipinski definition) is 1. The number of hydrogen-bond donors (Lipinski definition) is 1. The maximum absolute atomic E-state index is 11.3. The van der Waals surface area contributed by atoms with Gasteiger partial charge in [-0.1, -0.05) is 28.1 Å². The Bertz CT molecular complexity index is 424. The van der Waals surface area contributed by atoms with Crippen LogP contribution in [0.2, 0.25) is 0 Å². The average molecular weight is 300 g/mol. The highest BCUT2D eigenvalue weighted by Crippen LogP contribution is 2.23. The first-order chi connectivity index (χ1) is 7.73. The maximum Gasteiger partial charge on any atom is 0.408 e. The molecule has 0 fully saturated rings. The molecule has 0 atom stereocenters. The number of nitrogens with zero attached hydrogens (tertiary/aromatic N) is 1. The molecule has 0 aliphatic rings. The second kappa shape index (κ2) is 5.08. The third-order valence-corrected chi connectivity index (χ3v) is 3.61. The first-order valence-electron chi connectivity index (χ1n) is 5.48. The van der Waals surface area contributed by atoms with Crippen LogP contribution in [0.15, 0.2) is 22.7 Å². The number of benzene rings is 1. The molecule has 94 valence electrons. The van der Waals surface area contributed by atoms with Crippen LogP contribution in [0.3, 0.4) is 0 Å². The second-order valence-electron chi connectivity index (χ2n) is 5.06. The lowest BCUT2D eigenvalue weighted by molar-refractivity contribution is 0.0954. The average Bonchev–Trinajstić information content (AvgIpc) is 2.17. The van der Waals surface area contributed by atoms with E-state index in [2.05, 4.69) is 15.9 Å². The van der Waals surface area contributed by atoms with Crippen molar-refractivity contribution >= 4 is 22.0 Å². The van der Waals surface area contributed by atoms with Crippen molar-refractivity contribution in [1.82, 2.24) is 4.90 Å². The molecular weight excluding hydrogens is 282 g/mol. The molecule has 4 heteroatoms. The molecule has 0 unspecified atom stereocenters. The summed E-state index contributed by atoms with van der Waals surface area (Å²) >= 11 is 3.46. The van der Waals surface area contributed by atoms with Gasteiger partial charge in [-0.2, -0.15) is 0 Å². The summed E-state index contributed by atoms with van der Waals surface area (Å²) in [6.07, 6.45) is -0.892. The van der Waals surface area contributed by atoms with Gasteiger partial charge in [-0.05, 0) is 44.9 Å². The topological polar surface area (TPSA) is 40.5 Å². The number of carboxylic acid groups (broad SMARTS) is 1. The standard InChI is InChI=1S/C13H18BrNO2/c1-9-10(6-5-7-11(9)14)8-15(12(16)17)13(2,3)4/h5-7H,8H2,1-4H3,(H,16,17). The van der Waals surface area contributed by atoms with Crippen LogP contribution in [0.1, 0.15) is 31.9 Å². The molecule has 17 heavy (non-hydrogen) atoms. The van der Waals surface area contributed by atoms with Crippen molar-refractivity contribution in [2.45, 2.75) is 39.8 Å². The van der Waals surface area contributed by atoms with E-state index in [1.807, 2.05) is 45.9 Å². The molecule has 1 aromatic carbocycles. The highest BCUT2D eigenvalue weighted by atomic mass is 79.9. The van der Waals surface area contributed by atoms with Gasteiger partial charge in [0.2, 0.25) is 0 Å². The van der Waals surface area contributed by atoms with Crippen LogP contribution in [0, 0.1) is 6.92 Å². The van der Waals surface area contributed by atoms with Gasteiger partial charge in [0.25, 0.3) is 0 Å². The summed E-state index contributed by atoms with van der Waals surface area (Å²) in [7, 11) is 0. The summed E-state index contributed by atoms with van der Waals surface area (Å²) in [6, 6.07) is 5.85. The smallest absolute Gasteiger partial charge is 0.408 e. The number of amides is 1. The van der Waals surface area contributed by atoms with Crippen LogP contribution in [0.25, 0.3) is 0 Å². The summed E-state index contributed by atoms with van der Waals surface area (Å²) in [6.45, 7) is 8.09. The van der Waals surface area contributed by atoms with Crippen molar-refractivity contribution < 1.29 is 9.90 Å². The van der Waals surface area contributed by atoms with Crippen molar-refractivity contribution in [3.05, 3.63) is 33.8 Å². The lowest BCUT2D eigenvalue weighted by Crippen LogP contribution is -2.44. The summed E-state index contributed by atoms with van der Waals surface area (Å²) < 4.78 is 1.01. The van der Waals surface area contributed by atoms with Crippen molar-refractivity contribution in [3.63, 3.8) is 0 Å². The zero-order valence-corrected chi connectivity index (χ0v) is 12.2. The van der Waals surface area contributed by atoms with Crippen molar-refractivity contribution in [2.75, 3.05) is 0 Å². The molecule has 1 rings (SSSR count). The van der Waals surface area contributed by atoms with E-state index < -0.39 is 11.6 Å². The summed E-state index contributed by atoms with van der Waals surface area (Å²) in [4.78, 5) is 12.7. The van der Waals surface area contributed by atoms with Gasteiger partial charge in [0.1, 0.15) is 0 Å². The van der Waals surface area contributed by atoms with Gasteiger partial charge in [0, 0.05) is 16.6 Å². The first kappa shape index (κ1) is 14.0. The third-order valence-electron chi connectivity index (χ3n) is 2.75. The Labute approximate surface area is 111 Å². The Balaban J connectivity index is 3.03. The molecule has 0 saturated carbocycles. The quantitative estimate of drug-likeness (QED) is 0.895. The van der Waals surface area contributed by atoms with E-state index in [0.717, 1.165) is 15.6 Å². The van der Waals surface area contributed by atoms with Gasteiger partial charge in [0.05, 0.1) is 0 Å². The molecule has 3 nitrogen and oxygen atoms in total. The molecule has 1 amide bonds. The molecule has 0 saturated heterocycles. The van der Waals surface area contributed by atoms with Gasteiger partial charge >= 0.3 is 6.09 Å². The highest BCUT2D eigenvalue weighted by molar-refractivity contribution is 9.10. The molecule has 0 aliphatic carbocycles. The van der Waals surface area contributed by atoms with Crippen LogP contribution in [0.4, 0.5) is 4.79 Å². The monoisotopic (exact) mass is 299 g/mol. The van der Waals surface area contributed by atoms with Gasteiger partial charge in [-0.3, -0.25) is 4.90 Å². The van der Waals surface area contributed by atoms with Crippen molar-refractivity contribution in [3.8, 4) is 0 Å². The van der Waals surface area contributed by atoms with Gasteiger partial charge in [-0.15, -0.1) is 0 Å². The highest BCUT2D eigenvalue weighted by Gasteiger charge is 2.26. The Morgan fingerprint density at radius 1 is 1.41 bits per heavy atom. The molecule has 0 bridgehead atoms. The second-order valence-corrected chi connectivity index (χ2v) is 5.92. The normalized spacial score (nSPS) is 11.4. The number of halogens is 1. The van der Waals surface area contributed by atoms with Gasteiger partial charge < -0.3 is 5.11 Å². The van der Waals surface area contributed by atoms with Crippen molar-refractivity contribution in [1.29, 1.82) is 0 Å². The third kappa shape index (κ3) is 3.46. The van der Waals surface area contributed by atoms with Gasteiger partial charge in [-0.25, -0.2) is 4.79 Å². The fraction of sp³-hybridized carbons (Fsp3) is 0.462. The Morgan fingerprint density at radius 2 is 2.00 bits per heavy atom. The van der Waals surface area contributed by atoms with E-state index in [-0.39, 0.29) is 0 Å². The molecule has 0 heterocycles. The summed E-state index contributed by atoms with van der Waals surface area (Å²) in [5.74, 6) is 0. The molecule has 1 aromatic rings. The zero-order chi connectivity index (χ0) is 13.2. The van der Waals surface area contributed by atoms with Crippen LogP contribution in [0.5, 0.6) is 0 Å². The van der Waals surface area contributed by atoms with Gasteiger partial charge in [0.15, 0.2) is 0 Å².